The van der Waals surface area contributed by atoms with Gasteiger partial charge in [-0.1, -0.05) is 12.1 Å². The zero-order valence-corrected chi connectivity index (χ0v) is 11.7. The fraction of sp³-hybridized carbons (Fsp3) is 0.154. The van der Waals surface area contributed by atoms with Crippen LogP contribution in [0.5, 0.6) is 0 Å². The summed E-state index contributed by atoms with van der Waals surface area (Å²) in [6.45, 7) is 0. The summed E-state index contributed by atoms with van der Waals surface area (Å²) in [5.74, 6) is 0. The number of aliphatic hydroxyl groups excluding tert-OH is 1. The molecule has 3 rings (SSSR count). The lowest BCUT2D eigenvalue weighted by Gasteiger charge is -2.13. The molecule has 1 atom stereocenters. The monoisotopic (exact) mass is 318 g/mol. The van der Waals surface area contributed by atoms with E-state index >= 15 is 0 Å². The number of nitrogens with zero attached hydrogens (tertiary/aromatic N) is 4. The number of aliphatic hydroxyl groups is 1. The van der Waals surface area contributed by atoms with E-state index in [1.165, 1.54) is 0 Å². The smallest absolute Gasteiger partial charge is 0.124 e. The van der Waals surface area contributed by atoms with Gasteiger partial charge < -0.3 is 5.11 Å². The number of aryl methyl sites for hydroxylation is 1. The van der Waals surface area contributed by atoms with Gasteiger partial charge in [0.15, 0.2) is 0 Å². The molecule has 6 heteroatoms. The van der Waals surface area contributed by atoms with Gasteiger partial charge in [-0.15, -0.1) is 0 Å². The van der Waals surface area contributed by atoms with Gasteiger partial charge >= 0.3 is 0 Å². The molecule has 0 radical (unpaired) electrons. The number of rotatable bonds is 2. The lowest BCUT2D eigenvalue weighted by molar-refractivity contribution is 0.210. The van der Waals surface area contributed by atoms with Crippen molar-refractivity contribution >= 4 is 27.0 Å². The van der Waals surface area contributed by atoms with Crippen LogP contribution in [0.3, 0.4) is 0 Å². The van der Waals surface area contributed by atoms with Gasteiger partial charge in [-0.25, -0.2) is 0 Å². The molecule has 2 heterocycles. The second-order valence-electron chi connectivity index (χ2n) is 4.18. The maximum Gasteiger partial charge on any atom is 0.124 e. The van der Waals surface area contributed by atoms with Crippen molar-refractivity contribution in [3.05, 3.63) is 52.5 Å². The van der Waals surface area contributed by atoms with Gasteiger partial charge in [-0.2, -0.15) is 5.10 Å². The van der Waals surface area contributed by atoms with Crippen LogP contribution >= 0.6 is 15.9 Å². The molecule has 96 valence electrons. The van der Waals surface area contributed by atoms with Crippen molar-refractivity contribution in [1.29, 1.82) is 0 Å². The summed E-state index contributed by atoms with van der Waals surface area (Å²) in [5, 5.41) is 14.7. The van der Waals surface area contributed by atoms with Gasteiger partial charge in [-0.3, -0.25) is 14.6 Å². The van der Waals surface area contributed by atoms with E-state index in [-0.39, 0.29) is 0 Å². The van der Waals surface area contributed by atoms with Crippen LogP contribution in [0.15, 0.2) is 41.3 Å². The van der Waals surface area contributed by atoms with Crippen molar-refractivity contribution in [1.82, 2.24) is 19.7 Å². The summed E-state index contributed by atoms with van der Waals surface area (Å²) < 4.78 is 2.41. The molecule has 1 N–H and O–H groups in total. The Labute approximate surface area is 118 Å². The first kappa shape index (κ1) is 12.3. The Hall–Kier alpha value is -1.79. The quantitative estimate of drug-likeness (QED) is 0.786. The first-order valence-corrected chi connectivity index (χ1v) is 6.53. The Morgan fingerprint density at radius 3 is 2.79 bits per heavy atom. The van der Waals surface area contributed by atoms with Gasteiger partial charge in [0.05, 0.1) is 27.4 Å². The molecule has 1 aromatic carbocycles. The third-order valence-corrected chi connectivity index (χ3v) is 3.63. The van der Waals surface area contributed by atoms with Crippen molar-refractivity contribution in [3.8, 4) is 0 Å². The van der Waals surface area contributed by atoms with Crippen LogP contribution in [-0.4, -0.2) is 24.9 Å². The Morgan fingerprint density at radius 1 is 1.26 bits per heavy atom. The first-order valence-electron chi connectivity index (χ1n) is 5.73. The number of fused-ring (bicyclic) bond motifs is 1. The van der Waals surface area contributed by atoms with E-state index in [4.69, 9.17) is 0 Å². The molecule has 0 spiro atoms. The third-order valence-electron chi connectivity index (χ3n) is 3.02. The van der Waals surface area contributed by atoms with E-state index in [2.05, 4.69) is 31.0 Å². The van der Waals surface area contributed by atoms with Gasteiger partial charge in [0.1, 0.15) is 6.10 Å². The standard InChI is InChI=1S/C13H11BrN4O/c1-18-12(9(14)7-17-18)13(19)8-3-2-4-10-11(8)16-6-5-15-10/h2-7,13,19H,1H3. The zero-order chi connectivity index (χ0) is 13.4. The highest BCUT2D eigenvalue weighted by molar-refractivity contribution is 9.10. The highest BCUT2D eigenvalue weighted by Gasteiger charge is 2.20. The summed E-state index contributed by atoms with van der Waals surface area (Å²) in [5.41, 5.74) is 2.87. The Balaban J connectivity index is 2.20. The van der Waals surface area contributed by atoms with E-state index in [1.54, 1.807) is 30.3 Å². The summed E-state index contributed by atoms with van der Waals surface area (Å²) in [4.78, 5) is 8.55. The summed E-state index contributed by atoms with van der Waals surface area (Å²) in [7, 11) is 1.79. The molecule has 0 aliphatic rings. The summed E-state index contributed by atoms with van der Waals surface area (Å²) in [6, 6.07) is 5.58. The molecule has 0 aliphatic carbocycles. The summed E-state index contributed by atoms with van der Waals surface area (Å²) >= 11 is 3.40. The first-order chi connectivity index (χ1) is 9.18. The minimum Gasteiger partial charge on any atom is -0.382 e. The van der Waals surface area contributed by atoms with Crippen LogP contribution in [0, 0.1) is 0 Å². The molecule has 0 fully saturated rings. The second-order valence-corrected chi connectivity index (χ2v) is 5.03. The number of hydrogen-bond acceptors (Lipinski definition) is 4. The minimum atomic E-state index is -0.803. The van der Waals surface area contributed by atoms with Crippen molar-refractivity contribution in [2.75, 3.05) is 0 Å². The van der Waals surface area contributed by atoms with Crippen molar-refractivity contribution in [2.45, 2.75) is 6.10 Å². The fourth-order valence-corrected chi connectivity index (χ4v) is 2.68. The lowest BCUT2D eigenvalue weighted by atomic mass is 10.0. The number of aromatic nitrogens is 4. The van der Waals surface area contributed by atoms with Crippen LogP contribution in [0.2, 0.25) is 0 Å². The van der Waals surface area contributed by atoms with Gasteiger partial charge in [0, 0.05) is 25.0 Å². The van der Waals surface area contributed by atoms with Crippen molar-refractivity contribution in [2.24, 2.45) is 7.05 Å². The molecular weight excluding hydrogens is 308 g/mol. The molecule has 0 saturated heterocycles. The highest BCUT2D eigenvalue weighted by Crippen LogP contribution is 2.30. The van der Waals surface area contributed by atoms with E-state index in [1.807, 2.05) is 18.2 Å². The molecule has 5 nitrogen and oxygen atoms in total. The average molecular weight is 319 g/mol. The van der Waals surface area contributed by atoms with E-state index in [9.17, 15) is 5.11 Å². The molecule has 19 heavy (non-hydrogen) atoms. The van der Waals surface area contributed by atoms with Gasteiger partial charge in [0.2, 0.25) is 0 Å². The molecular formula is C13H11BrN4O. The maximum atomic E-state index is 10.6. The molecule has 2 aromatic heterocycles. The van der Waals surface area contributed by atoms with Gasteiger partial charge in [0.25, 0.3) is 0 Å². The van der Waals surface area contributed by atoms with Crippen molar-refractivity contribution < 1.29 is 5.11 Å². The number of para-hydroxylation sites is 1. The van der Waals surface area contributed by atoms with Gasteiger partial charge in [-0.05, 0) is 22.0 Å². The Morgan fingerprint density at radius 2 is 2.05 bits per heavy atom. The Bertz CT molecular complexity index is 716. The molecule has 0 bridgehead atoms. The summed E-state index contributed by atoms with van der Waals surface area (Å²) in [6.07, 6.45) is 4.12. The number of halogens is 1. The second kappa shape index (κ2) is 4.71. The molecule has 0 aliphatic heterocycles. The third kappa shape index (κ3) is 2.02. The number of benzene rings is 1. The van der Waals surface area contributed by atoms with Crippen LogP contribution in [0.1, 0.15) is 17.4 Å². The van der Waals surface area contributed by atoms with E-state index < -0.39 is 6.10 Å². The number of hydrogen-bond donors (Lipinski definition) is 1. The van der Waals surface area contributed by atoms with Crippen LogP contribution < -0.4 is 0 Å². The zero-order valence-electron chi connectivity index (χ0n) is 10.2. The predicted molar refractivity (Wildman–Crippen MR) is 74.5 cm³/mol. The van der Waals surface area contributed by atoms with Crippen LogP contribution in [-0.2, 0) is 7.05 Å². The van der Waals surface area contributed by atoms with Crippen LogP contribution in [0.25, 0.3) is 11.0 Å². The van der Waals surface area contributed by atoms with E-state index in [0.717, 1.165) is 15.6 Å². The molecule has 0 amide bonds. The highest BCUT2D eigenvalue weighted by atomic mass is 79.9. The van der Waals surface area contributed by atoms with Crippen LogP contribution in [0.4, 0.5) is 0 Å². The Kier molecular flexibility index (Phi) is 3.04. The molecule has 0 saturated carbocycles. The predicted octanol–water partition coefficient (Wildman–Crippen LogP) is 2.21. The van der Waals surface area contributed by atoms with Crippen molar-refractivity contribution in [3.63, 3.8) is 0 Å². The largest absolute Gasteiger partial charge is 0.382 e. The van der Waals surface area contributed by atoms with E-state index in [0.29, 0.717) is 11.2 Å². The molecule has 1 unspecified atom stereocenters. The maximum absolute atomic E-state index is 10.6. The minimum absolute atomic E-state index is 0.693. The topological polar surface area (TPSA) is 63.8 Å². The lowest BCUT2D eigenvalue weighted by Crippen LogP contribution is -2.08. The normalized spacial score (nSPS) is 12.8. The fourth-order valence-electron chi connectivity index (χ4n) is 2.11. The SMILES string of the molecule is Cn1ncc(Br)c1C(O)c1cccc2nccnc12. The molecule has 3 aromatic rings. The average Bonchev–Trinajstić information content (AvgIpc) is 2.77.